The van der Waals surface area contributed by atoms with E-state index in [2.05, 4.69) is 21.1 Å². The first-order chi connectivity index (χ1) is 15.8. The number of hydrogen-bond donors (Lipinski definition) is 6. The lowest BCUT2D eigenvalue weighted by Gasteiger charge is -2.30. The lowest BCUT2D eigenvalue weighted by atomic mass is 9.96. The van der Waals surface area contributed by atoms with Crippen LogP contribution in [0.15, 0.2) is 46.6 Å². The Kier molecular flexibility index (Phi) is 7.82. The van der Waals surface area contributed by atoms with Crippen molar-refractivity contribution in [1.29, 1.82) is 0 Å². The van der Waals surface area contributed by atoms with Crippen LogP contribution in [0.25, 0.3) is 0 Å². The average Bonchev–Trinajstić information content (AvgIpc) is 2.77. The summed E-state index contributed by atoms with van der Waals surface area (Å²) in [5.41, 5.74) is 5.55. The third-order valence-corrected chi connectivity index (χ3v) is 5.12. The number of rotatable bonds is 7. The smallest absolute Gasteiger partial charge is 0.254 e. The Morgan fingerprint density at radius 1 is 0.879 bits per heavy atom. The van der Waals surface area contributed by atoms with Crippen LogP contribution >= 0.6 is 0 Å². The summed E-state index contributed by atoms with van der Waals surface area (Å²) in [5, 5.41) is 45.6. The highest BCUT2D eigenvalue weighted by atomic mass is 16.3. The van der Waals surface area contributed by atoms with Crippen LogP contribution in [0.3, 0.4) is 0 Å². The van der Waals surface area contributed by atoms with Crippen molar-refractivity contribution in [3.05, 3.63) is 47.5 Å². The molecule has 0 aromatic heterocycles. The van der Waals surface area contributed by atoms with Crippen molar-refractivity contribution >= 4 is 24.2 Å². The molecule has 6 N–H and O–H groups in total. The minimum absolute atomic E-state index is 0.0717. The highest BCUT2D eigenvalue weighted by Gasteiger charge is 2.25. The maximum absolute atomic E-state index is 12.3. The van der Waals surface area contributed by atoms with Crippen molar-refractivity contribution in [2.75, 3.05) is 19.6 Å². The predicted octanol–water partition coefficient (Wildman–Crippen LogP) is 0.821. The van der Waals surface area contributed by atoms with E-state index in [-0.39, 0.29) is 47.3 Å². The summed E-state index contributed by atoms with van der Waals surface area (Å²) in [6.07, 6.45) is 3.69. The van der Waals surface area contributed by atoms with Gasteiger partial charge in [0.25, 0.3) is 5.91 Å². The van der Waals surface area contributed by atoms with Gasteiger partial charge in [0.05, 0.1) is 19.0 Å². The Morgan fingerprint density at radius 3 is 1.91 bits per heavy atom. The zero-order chi connectivity index (χ0) is 23.8. The Morgan fingerprint density at radius 2 is 1.39 bits per heavy atom. The lowest BCUT2D eigenvalue weighted by Crippen LogP contribution is -2.43. The topological polar surface area (TPSA) is 167 Å². The number of carbonyl (C=O) groups is 2. The van der Waals surface area contributed by atoms with Crippen molar-refractivity contribution in [2.24, 2.45) is 16.1 Å². The molecule has 1 aliphatic rings. The summed E-state index contributed by atoms with van der Waals surface area (Å²) in [6, 6.07) is 8.08. The molecule has 1 aliphatic heterocycles. The van der Waals surface area contributed by atoms with Gasteiger partial charge in [0.1, 0.15) is 23.0 Å². The number of amides is 2. The van der Waals surface area contributed by atoms with Crippen LogP contribution in [-0.2, 0) is 9.59 Å². The fourth-order valence-electron chi connectivity index (χ4n) is 3.30. The van der Waals surface area contributed by atoms with Gasteiger partial charge in [0.2, 0.25) is 5.91 Å². The van der Waals surface area contributed by atoms with Crippen LogP contribution < -0.4 is 10.9 Å². The quantitative estimate of drug-likeness (QED) is 0.265. The number of nitrogens with one attached hydrogen (secondary N) is 2. The first kappa shape index (κ1) is 23.5. The van der Waals surface area contributed by atoms with Gasteiger partial charge >= 0.3 is 0 Å². The summed E-state index contributed by atoms with van der Waals surface area (Å²) in [4.78, 5) is 26.3. The van der Waals surface area contributed by atoms with Crippen molar-refractivity contribution in [1.82, 2.24) is 15.8 Å². The Labute approximate surface area is 189 Å². The van der Waals surface area contributed by atoms with E-state index in [1.54, 1.807) is 0 Å². The summed E-state index contributed by atoms with van der Waals surface area (Å²) in [5.74, 6) is -1.27. The fourth-order valence-corrected chi connectivity index (χ4v) is 3.30. The Hall–Kier alpha value is -4.12. The molecule has 11 heteroatoms. The normalized spacial score (nSPS) is 15.2. The van der Waals surface area contributed by atoms with Gasteiger partial charge in [-0.25, -0.2) is 10.9 Å². The van der Waals surface area contributed by atoms with Gasteiger partial charge < -0.3 is 20.4 Å². The van der Waals surface area contributed by atoms with Gasteiger partial charge in [-0.2, -0.15) is 10.2 Å². The monoisotopic (exact) mass is 455 g/mol. The van der Waals surface area contributed by atoms with Crippen LogP contribution in [0.5, 0.6) is 23.0 Å². The van der Waals surface area contributed by atoms with Crippen molar-refractivity contribution in [2.45, 2.75) is 12.8 Å². The fraction of sp³-hybridized carbons (Fsp3) is 0.273. The zero-order valence-corrected chi connectivity index (χ0v) is 17.7. The maximum atomic E-state index is 12.3. The molecule has 0 aliphatic carbocycles. The standard InChI is InChI=1S/C22H25N5O6/c28-17-3-1-15(19(30)9-17)11-23-25-21(32)13-27-7-5-14(6-8-27)22(33)26-24-12-16-2-4-18(29)10-20(16)31/h1-4,9-12,14,28-31H,5-8,13H2,(H,25,32)(H,26,33)/b23-11-,24-12-. The number of phenolic OH excluding ortho intramolecular Hbond substituents is 4. The summed E-state index contributed by atoms with van der Waals surface area (Å²) in [6.45, 7) is 1.22. The van der Waals surface area contributed by atoms with Crippen molar-refractivity contribution in [3.63, 3.8) is 0 Å². The predicted molar refractivity (Wildman–Crippen MR) is 120 cm³/mol. The van der Waals surface area contributed by atoms with Gasteiger partial charge in [-0.05, 0) is 50.2 Å². The number of carbonyl (C=O) groups excluding carboxylic acids is 2. The minimum Gasteiger partial charge on any atom is -0.508 e. The van der Waals surface area contributed by atoms with Crippen molar-refractivity contribution < 1.29 is 30.0 Å². The molecule has 174 valence electrons. The second-order valence-corrected chi connectivity index (χ2v) is 7.56. The Bertz CT molecular complexity index is 1060. The SMILES string of the molecule is O=C(CN1CCC(C(=O)N/N=C\c2ccc(O)cc2O)CC1)N/N=C\c1ccc(O)cc1O. The number of aromatic hydroxyl groups is 4. The highest BCUT2D eigenvalue weighted by molar-refractivity contribution is 5.86. The molecule has 1 heterocycles. The molecule has 0 unspecified atom stereocenters. The molecular weight excluding hydrogens is 430 g/mol. The molecule has 11 nitrogen and oxygen atoms in total. The van der Waals surface area contributed by atoms with E-state index in [1.807, 2.05) is 4.90 Å². The molecule has 1 saturated heterocycles. The van der Waals surface area contributed by atoms with Gasteiger partial charge in [0, 0.05) is 29.2 Å². The van der Waals surface area contributed by atoms with E-state index >= 15 is 0 Å². The molecule has 0 bridgehead atoms. The summed E-state index contributed by atoms with van der Waals surface area (Å²) < 4.78 is 0. The van der Waals surface area contributed by atoms with Crippen LogP contribution in [0.1, 0.15) is 24.0 Å². The molecular formula is C22H25N5O6. The molecule has 0 atom stereocenters. The van der Waals surface area contributed by atoms with Gasteiger partial charge in [-0.1, -0.05) is 0 Å². The van der Waals surface area contributed by atoms with Crippen LogP contribution in [0.4, 0.5) is 0 Å². The first-order valence-corrected chi connectivity index (χ1v) is 10.2. The highest BCUT2D eigenvalue weighted by Crippen LogP contribution is 2.22. The molecule has 0 radical (unpaired) electrons. The molecule has 1 fully saturated rings. The van der Waals surface area contributed by atoms with E-state index in [0.29, 0.717) is 37.1 Å². The van der Waals surface area contributed by atoms with E-state index in [1.165, 1.54) is 48.8 Å². The number of piperidine rings is 1. The third-order valence-electron chi connectivity index (χ3n) is 5.12. The number of likely N-dealkylation sites (tertiary alicyclic amines) is 1. The zero-order valence-electron chi connectivity index (χ0n) is 17.7. The molecule has 33 heavy (non-hydrogen) atoms. The molecule has 0 saturated carbocycles. The van der Waals surface area contributed by atoms with E-state index in [0.717, 1.165) is 0 Å². The van der Waals surface area contributed by atoms with Gasteiger partial charge in [0.15, 0.2) is 0 Å². The number of hydrazone groups is 2. The molecule has 0 spiro atoms. The Balaban J connectivity index is 1.39. The molecule has 2 aromatic carbocycles. The average molecular weight is 455 g/mol. The number of nitrogens with zero attached hydrogens (tertiary/aromatic N) is 3. The second-order valence-electron chi connectivity index (χ2n) is 7.56. The van der Waals surface area contributed by atoms with Gasteiger partial charge in [-0.3, -0.25) is 14.5 Å². The van der Waals surface area contributed by atoms with E-state index in [4.69, 9.17) is 0 Å². The van der Waals surface area contributed by atoms with Crippen LogP contribution in [0, 0.1) is 5.92 Å². The molecule has 2 aromatic rings. The first-order valence-electron chi connectivity index (χ1n) is 10.2. The molecule has 2 amide bonds. The minimum atomic E-state index is -0.328. The van der Waals surface area contributed by atoms with Crippen LogP contribution in [-0.4, -0.2) is 69.2 Å². The lowest BCUT2D eigenvalue weighted by molar-refractivity contribution is -0.126. The summed E-state index contributed by atoms with van der Waals surface area (Å²) >= 11 is 0. The number of hydrogen-bond acceptors (Lipinski definition) is 9. The van der Waals surface area contributed by atoms with Crippen molar-refractivity contribution in [3.8, 4) is 23.0 Å². The molecule has 3 rings (SSSR count). The van der Waals surface area contributed by atoms with E-state index in [9.17, 15) is 30.0 Å². The summed E-state index contributed by atoms with van der Waals surface area (Å²) in [7, 11) is 0. The van der Waals surface area contributed by atoms with Gasteiger partial charge in [-0.15, -0.1) is 0 Å². The van der Waals surface area contributed by atoms with Crippen LogP contribution in [0.2, 0.25) is 0 Å². The largest absolute Gasteiger partial charge is 0.508 e. The van der Waals surface area contributed by atoms with E-state index < -0.39 is 0 Å². The second kappa shape index (κ2) is 11.0. The third kappa shape index (κ3) is 6.94. The number of benzene rings is 2. The number of phenols is 4. The maximum Gasteiger partial charge on any atom is 0.254 e.